The first-order valence-electron chi connectivity index (χ1n) is 5.77. The van der Waals surface area contributed by atoms with Crippen molar-refractivity contribution in [2.24, 2.45) is 0 Å². The van der Waals surface area contributed by atoms with Crippen LogP contribution < -0.4 is 0 Å². The average Bonchev–Trinajstić information content (AvgIpc) is 2.99. The van der Waals surface area contributed by atoms with Crippen LogP contribution in [0.25, 0.3) is 22.3 Å². The third-order valence-corrected chi connectivity index (χ3v) is 3.90. The van der Waals surface area contributed by atoms with Gasteiger partial charge in [-0.15, -0.1) is 11.3 Å². The molecular formula is C14H9ClN2O2S. The summed E-state index contributed by atoms with van der Waals surface area (Å²) in [5.74, 6) is -0.983. The van der Waals surface area contributed by atoms with Crippen LogP contribution in [0.3, 0.4) is 0 Å². The summed E-state index contributed by atoms with van der Waals surface area (Å²) in [5.41, 5.74) is 2.70. The van der Waals surface area contributed by atoms with Gasteiger partial charge < -0.3 is 5.11 Å². The topological polar surface area (TPSA) is 54.6 Å². The second kappa shape index (κ2) is 5.11. The Morgan fingerprint density at radius 1 is 1.35 bits per heavy atom. The highest BCUT2D eigenvalue weighted by molar-refractivity contribution is 7.15. The van der Waals surface area contributed by atoms with Crippen LogP contribution in [-0.2, 0) is 4.79 Å². The number of carboxylic acids is 1. The molecular weight excluding hydrogens is 296 g/mol. The minimum Gasteiger partial charge on any atom is -0.478 e. The van der Waals surface area contributed by atoms with E-state index in [1.165, 1.54) is 17.4 Å². The van der Waals surface area contributed by atoms with Crippen LogP contribution in [0.5, 0.6) is 0 Å². The lowest BCUT2D eigenvalue weighted by molar-refractivity contribution is -0.131. The van der Waals surface area contributed by atoms with E-state index in [9.17, 15) is 4.79 Å². The summed E-state index contributed by atoms with van der Waals surface area (Å²) >= 11 is 7.40. The van der Waals surface area contributed by atoms with Gasteiger partial charge >= 0.3 is 5.97 Å². The van der Waals surface area contributed by atoms with Gasteiger partial charge in [0, 0.05) is 16.5 Å². The molecule has 0 aliphatic heterocycles. The highest BCUT2D eigenvalue weighted by atomic mass is 35.5. The van der Waals surface area contributed by atoms with Gasteiger partial charge in [0.2, 0.25) is 0 Å². The summed E-state index contributed by atoms with van der Waals surface area (Å²) in [4.78, 5) is 15.7. The Morgan fingerprint density at radius 3 is 2.80 bits per heavy atom. The Kier molecular flexibility index (Phi) is 3.30. The first-order chi connectivity index (χ1) is 9.65. The minimum absolute atomic E-state index is 0.678. The Morgan fingerprint density at radius 2 is 2.10 bits per heavy atom. The molecule has 0 saturated heterocycles. The van der Waals surface area contributed by atoms with Crippen LogP contribution in [0.15, 0.2) is 41.9 Å². The van der Waals surface area contributed by atoms with Gasteiger partial charge in [-0.05, 0) is 23.8 Å². The van der Waals surface area contributed by atoms with Crippen LogP contribution in [0.2, 0.25) is 5.02 Å². The highest BCUT2D eigenvalue weighted by Gasteiger charge is 2.10. The number of fused-ring (bicyclic) bond motifs is 1. The van der Waals surface area contributed by atoms with E-state index in [1.54, 1.807) is 6.20 Å². The second-order valence-electron chi connectivity index (χ2n) is 4.10. The lowest BCUT2D eigenvalue weighted by Crippen LogP contribution is -1.90. The number of carboxylic acid groups (broad SMARTS) is 1. The molecule has 0 spiro atoms. The van der Waals surface area contributed by atoms with Crippen molar-refractivity contribution >= 4 is 39.9 Å². The van der Waals surface area contributed by atoms with E-state index in [4.69, 9.17) is 16.7 Å². The molecule has 2 aromatic heterocycles. The Hall–Kier alpha value is -2.11. The molecule has 3 rings (SSSR count). The van der Waals surface area contributed by atoms with Crippen molar-refractivity contribution in [2.45, 2.75) is 0 Å². The molecule has 0 fully saturated rings. The van der Waals surface area contributed by atoms with Gasteiger partial charge in [0.05, 0.1) is 17.6 Å². The monoisotopic (exact) mass is 304 g/mol. The predicted molar refractivity (Wildman–Crippen MR) is 80.2 cm³/mol. The van der Waals surface area contributed by atoms with Gasteiger partial charge in [0.25, 0.3) is 0 Å². The average molecular weight is 305 g/mol. The van der Waals surface area contributed by atoms with Gasteiger partial charge in [-0.2, -0.15) is 0 Å². The summed E-state index contributed by atoms with van der Waals surface area (Å²) in [6, 6.07) is 7.50. The van der Waals surface area contributed by atoms with E-state index in [2.05, 4.69) is 4.98 Å². The number of aromatic nitrogens is 2. The van der Waals surface area contributed by atoms with Crippen molar-refractivity contribution in [2.75, 3.05) is 0 Å². The fourth-order valence-corrected chi connectivity index (χ4v) is 2.93. The molecule has 6 heteroatoms. The van der Waals surface area contributed by atoms with E-state index < -0.39 is 5.97 Å². The van der Waals surface area contributed by atoms with Gasteiger partial charge in [-0.25, -0.2) is 9.78 Å². The van der Waals surface area contributed by atoms with E-state index >= 15 is 0 Å². The lowest BCUT2D eigenvalue weighted by Gasteiger charge is -2.02. The molecule has 0 atom stereocenters. The standard InChI is InChI=1S/C14H9ClN2O2S/c15-10-3-1-9(2-4-10)12-8-20-14-16-7-11(17(12)14)5-6-13(18)19/h1-8H,(H,18,19)/b6-5+. The summed E-state index contributed by atoms with van der Waals surface area (Å²) in [7, 11) is 0. The molecule has 0 saturated carbocycles. The van der Waals surface area contributed by atoms with Crippen molar-refractivity contribution in [3.8, 4) is 11.3 Å². The maximum atomic E-state index is 10.6. The van der Waals surface area contributed by atoms with Crippen LogP contribution in [-0.4, -0.2) is 20.5 Å². The van der Waals surface area contributed by atoms with Crippen molar-refractivity contribution in [3.63, 3.8) is 0 Å². The molecule has 20 heavy (non-hydrogen) atoms. The molecule has 1 N–H and O–H groups in total. The van der Waals surface area contributed by atoms with Crippen molar-refractivity contribution in [1.82, 2.24) is 9.38 Å². The van der Waals surface area contributed by atoms with Crippen molar-refractivity contribution < 1.29 is 9.90 Å². The second-order valence-corrected chi connectivity index (χ2v) is 5.37. The number of hydrogen-bond donors (Lipinski definition) is 1. The third kappa shape index (κ3) is 2.33. The normalized spacial score (nSPS) is 11.4. The molecule has 0 aliphatic rings. The van der Waals surface area contributed by atoms with Gasteiger partial charge in [0.15, 0.2) is 4.96 Å². The number of benzene rings is 1. The molecule has 4 nitrogen and oxygen atoms in total. The van der Waals surface area contributed by atoms with E-state index in [1.807, 2.05) is 34.0 Å². The third-order valence-electron chi connectivity index (χ3n) is 2.81. The molecule has 1 aromatic carbocycles. The number of rotatable bonds is 3. The smallest absolute Gasteiger partial charge is 0.328 e. The number of carbonyl (C=O) groups is 1. The van der Waals surface area contributed by atoms with E-state index in [-0.39, 0.29) is 0 Å². The zero-order valence-electron chi connectivity index (χ0n) is 10.2. The van der Waals surface area contributed by atoms with Crippen LogP contribution in [0, 0.1) is 0 Å². The predicted octanol–water partition coefficient (Wildman–Crippen LogP) is 3.81. The highest BCUT2D eigenvalue weighted by Crippen LogP contribution is 2.28. The summed E-state index contributed by atoms with van der Waals surface area (Å²) in [6.45, 7) is 0. The molecule has 100 valence electrons. The number of nitrogens with zero attached hydrogens (tertiary/aromatic N) is 2. The van der Waals surface area contributed by atoms with Crippen LogP contribution in [0.1, 0.15) is 5.69 Å². The Labute approximate surface area is 123 Å². The Balaban J connectivity index is 2.14. The molecule has 0 bridgehead atoms. The van der Waals surface area contributed by atoms with Crippen LogP contribution in [0.4, 0.5) is 0 Å². The van der Waals surface area contributed by atoms with E-state index in [0.29, 0.717) is 5.02 Å². The summed E-state index contributed by atoms with van der Waals surface area (Å²) < 4.78 is 1.92. The Bertz CT molecular complexity index is 802. The summed E-state index contributed by atoms with van der Waals surface area (Å²) in [6.07, 6.45) is 4.30. The largest absolute Gasteiger partial charge is 0.478 e. The number of imidazole rings is 1. The molecule has 2 heterocycles. The fraction of sp³-hybridized carbons (Fsp3) is 0. The molecule has 3 aromatic rings. The lowest BCUT2D eigenvalue weighted by atomic mass is 10.2. The minimum atomic E-state index is -0.983. The maximum absolute atomic E-state index is 10.6. The number of thiazole rings is 1. The number of aliphatic carboxylic acids is 1. The first kappa shape index (κ1) is 12.9. The van der Waals surface area contributed by atoms with Crippen molar-refractivity contribution in [1.29, 1.82) is 0 Å². The maximum Gasteiger partial charge on any atom is 0.328 e. The SMILES string of the molecule is O=C(O)/C=C/c1cnc2scc(-c3ccc(Cl)cc3)n12. The first-order valence-corrected chi connectivity index (χ1v) is 7.03. The van der Waals surface area contributed by atoms with Gasteiger partial charge in [-0.3, -0.25) is 4.40 Å². The van der Waals surface area contributed by atoms with Gasteiger partial charge in [0.1, 0.15) is 0 Å². The molecule has 0 amide bonds. The molecule has 0 radical (unpaired) electrons. The zero-order valence-corrected chi connectivity index (χ0v) is 11.7. The van der Waals surface area contributed by atoms with Crippen molar-refractivity contribution in [3.05, 3.63) is 52.6 Å². The quantitative estimate of drug-likeness (QED) is 0.749. The fourth-order valence-electron chi connectivity index (χ4n) is 1.93. The number of halogens is 1. The molecule has 0 aliphatic carbocycles. The van der Waals surface area contributed by atoms with Crippen LogP contribution >= 0.6 is 22.9 Å². The van der Waals surface area contributed by atoms with E-state index in [0.717, 1.165) is 28.0 Å². The summed E-state index contributed by atoms with van der Waals surface area (Å²) in [5, 5.41) is 11.4. The number of hydrogen-bond acceptors (Lipinski definition) is 3. The van der Waals surface area contributed by atoms with Gasteiger partial charge in [-0.1, -0.05) is 23.7 Å². The molecule has 0 unspecified atom stereocenters. The zero-order chi connectivity index (χ0) is 14.1.